The minimum absolute atomic E-state index is 0.145. The van der Waals surface area contributed by atoms with Gasteiger partial charge in [0.05, 0.1) is 12.3 Å². The maximum atomic E-state index is 11.7. The number of hydrogen-bond donors (Lipinski definition) is 2. The molecule has 0 unspecified atom stereocenters. The van der Waals surface area contributed by atoms with E-state index in [2.05, 4.69) is 10.6 Å². The van der Waals surface area contributed by atoms with E-state index in [1.54, 1.807) is 12.3 Å². The molecular weight excluding hydrogens is 240 g/mol. The van der Waals surface area contributed by atoms with Gasteiger partial charge in [0.1, 0.15) is 5.76 Å². The van der Waals surface area contributed by atoms with E-state index in [0.717, 1.165) is 11.3 Å². The van der Waals surface area contributed by atoms with E-state index < -0.39 is 0 Å². The van der Waals surface area contributed by atoms with Crippen molar-refractivity contribution in [2.24, 2.45) is 0 Å². The molecule has 1 heterocycles. The van der Waals surface area contributed by atoms with Crippen LogP contribution in [-0.2, 0) is 6.54 Å². The van der Waals surface area contributed by atoms with Crippen molar-refractivity contribution in [1.82, 2.24) is 10.6 Å². The van der Waals surface area contributed by atoms with Gasteiger partial charge in [-0.25, -0.2) is 4.79 Å². The molecule has 0 bridgehead atoms. The summed E-state index contributed by atoms with van der Waals surface area (Å²) in [6, 6.07) is 11.4. The summed E-state index contributed by atoms with van der Waals surface area (Å²) in [5.41, 5.74) is 2.28. The molecule has 0 spiro atoms. The number of nitrogens with one attached hydrogen (secondary N) is 2. The van der Waals surface area contributed by atoms with Crippen molar-refractivity contribution in [3.8, 4) is 0 Å². The van der Waals surface area contributed by atoms with Crippen LogP contribution in [0.25, 0.3) is 0 Å². The van der Waals surface area contributed by atoms with Gasteiger partial charge in [-0.1, -0.05) is 29.8 Å². The normalized spacial score (nSPS) is 11.9. The number of amides is 2. The van der Waals surface area contributed by atoms with E-state index >= 15 is 0 Å². The van der Waals surface area contributed by atoms with Crippen LogP contribution in [0, 0.1) is 6.92 Å². The van der Waals surface area contributed by atoms with E-state index in [-0.39, 0.29) is 12.1 Å². The van der Waals surface area contributed by atoms with Gasteiger partial charge in [-0.3, -0.25) is 0 Å². The van der Waals surface area contributed by atoms with Crippen molar-refractivity contribution in [3.05, 3.63) is 59.5 Å². The van der Waals surface area contributed by atoms with Gasteiger partial charge in [-0.15, -0.1) is 0 Å². The number of urea groups is 1. The lowest BCUT2D eigenvalue weighted by Crippen LogP contribution is -2.36. The molecule has 4 heteroatoms. The third-order valence-electron chi connectivity index (χ3n) is 2.89. The highest BCUT2D eigenvalue weighted by Gasteiger charge is 2.10. The average Bonchev–Trinajstić information content (AvgIpc) is 2.92. The van der Waals surface area contributed by atoms with E-state index in [1.807, 2.05) is 44.2 Å². The lowest BCUT2D eigenvalue weighted by Gasteiger charge is -2.12. The van der Waals surface area contributed by atoms with Crippen molar-refractivity contribution < 1.29 is 9.21 Å². The first-order valence-electron chi connectivity index (χ1n) is 6.28. The Balaban J connectivity index is 1.80. The minimum Gasteiger partial charge on any atom is -0.467 e. The van der Waals surface area contributed by atoms with Crippen molar-refractivity contribution in [2.45, 2.75) is 26.4 Å². The van der Waals surface area contributed by atoms with Crippen LogP contribution in [0.2, 0.25) is 0 Å². The minimum atomic E-state index is -0.204. The van der Waals surface area contributed by atoms with Crippen LogP contribution >= 0.6 is 0 Å². The highest BCUT2D eigenvalue weighted by atomic mass is 16.3. The summed E-state index contributed by atoms with van der Waals surface area (Å²) >= 11 is 0. The number of benzene rings is 1. The van der Waals surface area contributed by atoms with Crippen LogP contribution in [-0.4, -0.2) is 6.03 Å². The predicted molar refractivity (Wildman–Crippen MR) is 73.7 cm³/mol. The second kappa shape index (κ2) is 6.09. The molecule has 4 nitrogen and oxygen atoms in total. The number of aryl methyl sites for hydroxylation is 1. The van der Waals surface area contributed by atoms with E-state index in [9.17, 15) is 4.79 Å². The molecule has 0 aliphatic carbocycles. The Morgan fingerprint density at radius 3 is 2.63 bits per heavy atom. The van der Waals surface area contributed by atoms with Crippen molar-refractivity contribution in [3.63, 3.8) is 0 Å². The maximum Gasteiger partial charge on any atom is 0.315 e. The summed E-state index contributed by atoms with van der Waals surface area (Å²) in [5, 5.41) is 5.64. The van der Waals surface area contributed by atoms with Crippen LogP contribution in [0.5, 0.6) is 0 Å². The van der Waals surface area contributed by atoms with E-state index in [4.69, 9.17) is 4.42 Å². The number of furan rings is 1. The lowest BCUT2D eigenvalue weighted by atomic mass is 10.1. The molecular formula is C15H18N2O2. The fourth-order valence-corrected chi connectivity index (χ4v) is 1.74. The number of hydrogen-bond acceptors (Lipinski definition) is 2. The second-order valence-electron chi connectivity index (χ2n) is 4.55. The molecule has 0 saturated heterocycles. The first-order chi connectivity index (χ1) is 9.15. The molecule has 100 valence electrons. The molecule has 2 N–H and O–H groups in total. The topological polar surface area (TPSA) is 54.3 Å². The average molecular weight is 258 g/mol. The van der Waals surface area contributed by atoms with Crippen molar-refractivity contribution in [2.75, 3.05) is 0 Å². The monoisotopic (exact) mass is 258 g/mol. The number of rotatable bonds is 4. The Hall–Kier alpha value is -2.23. The zero-order valence-electron chi connectivity index (χ0n) is 11.1. The first kappa shape index (κ1) is 13.2. The highest BCUT2D eigenvalue weighted by Crippen LogP contribution is 2.11. The van der Waals surface area contributed by atoms with Gasteiger partial charge in [-0.05, 0) is 31.5 Å². The standard InChI is InChI=1S/C15H18N2O2/c1-11-5-7-13(8-6-11)10-16-15(18)17-12(2)14-4-3-9-19-14/h3-9,12H,10H2,1-2H3,(H2,16,17,18)/t12-/m1/s1. The van der Waals surface area contributed by atoms with Crippen LogP contribution in [0.1, 0.15) is 29.9 Å². The lowest BCUT2D eigenvalue weighted by molar-refractivity contribution is 0.235. The molecule has 0 aliphatic rings. The largest absolute Gasteiger partial charge is 0.467 e. The van der Waals surface area contributed by atoms with Crippen molar-refractivity contribution >= 4 is 6.03 Å². The fraction of sp³-hybridized carbons (Fsp3) is 0.267. The Kier molecular flexibility index (Phi) is 4.23. The second-order valence-corrected chi connectivity index (χ2v) is 4.55. The van der Waals surface area contributed by atoms with E-state index in [1.165, 1.54) is 5.56 Å². The molecule has 19 heavy (non-hydrogen) atoms. The molecule has 2 amide bonds. The van der Waals surface area contributed by atoms with Crippen LogP contribution in [0.3, 0.4) is 0 Å². The Morgan fingerprint density at radius 1 is 1.26 bits per heavy atom. The highest BCUT2D eigenvalue weighted by molar-refractivity contribution is 5.74. The molecule has 0 radical (unpaired) electrons. The third kappa shape index (κ3) is 3.88. The Bertz CT molecular complexity index is 518. The van der Waals surface area contributed by atoms with Gasteiger partial charge in [0.25, 0.3) is 0 Å². The van der Waals surface area contributed by atoms with Gasteiger partial charge in [-0.2, -0.15) is 0 Å². The fourth-order valence-electron chi connectivity index (χ4n) is 1.74. The summed E-state index contributed by atoms with van der Waals surface area (Å²) in [7, 11) is 0. The van der Waals surface area contributed by atoms with Crippen molar-refractivity contribution in [1.29, 1.82) is 0 Å². The van der Waals surface area contributed by atoms with E-state index in [0.29, 0.717) is 6.54 Å². The summed E-state index contributed by atoms with van der Waals surface area (Å²) in [6.45, 7) is 4.43. The zero-order chi connectivity index (χ0) is 13.7. The zero-order valence-corrected chi connectivity index (χ0v) is 11.1. The first-order valence-corrected chi connectivity index (χ1v) is 6.28. The number of carbonyl (C=O) groups excluding carboxylic acids is 1. The van der Waals surface area contributed by atoms with Gasteiger partial charge < -0.3 is 15.1 Å². The van der Waals surface area contributed by atoms with Gasteiger partial charge in [0, 0.05) is 6.54 Å². The van der Waals surface area contributed by atoms with Crippen LogP contribution in [0.15, 0.2) is 47.1 Å². The predicted octanol–water partition coefficient (Wildman–Crippen LogP) is 3.15. The molecule has 0 fully saturated rings. The molecule has 0 aliphatic heterocycles. The smallest absolute Gasteiger partial charge is 0.315 e. The van der Waals surface area contributed by atoms with Gasteiger partial charge >= 0.3 is 6.03 Å². The van der Waals surface area contributed by atoms with Crippen LogP contribution in [0.4, 0.5) is 4.79 Å². The summed E-state index contributed by atoms with van der Waals surface area (Å²) in [4.78, 5) is 11.7. The summed E-state index contributed by atoms with van der Waals surface area (Å²) < 4.78 is 5.23. The molecule has 1 aromatic heterocycles. The molecule has 2 rings (SSSR count). The molecule has 1 atom stereocenters. The molecule has 1 aromatic carbocycles. The number of carbonyl (C=O) groups is 1. The van der Waals surface area contributed by atoms with Gasteiger partial charge in [0.2, 0.25) is 0 Å². The molecule has 0 saturated carbocycles. The quantitative estimate of drug-likeness (QED) is 0.885. The van der Waals surface area contributed by atoms with Gasteiger partial charge in [0.15, 0.2) is 0 Å². The maximum absolute atomic E-state index is 11.7. The van der Waals surface area contributed by atoms with Crippen LogP contribution < -0.4 is 10.6 Å². The third-order valence-corrected chi connectivity index (χ3v) is 2.89. The summed E-state index contributed by atoms with van der Waals surface area (Å²) in [6.07, 6.45) is 1.59. The Morgan fingerprint density at radius 2 is 2.00 bits per heavy atom. The summed E-state index contributed by atoms with van der Waals surface area (Å²) in [5.74, 6) is 0.741. The molecule has 2 aromatic rings. The SMILES string of the molecule is Cc1ccc(CNC(=O)N[C@H](C)c2ccco2)cc1. The Labute approximate surface area is 112 Å².